The lowest BCUT2D eigenvalue weighted by Gasteiger charge is -2.13. The summed E-state index contributed by atoms with van der Waals surface area (Å²) in [7, 11) is 1.22. The molecule has 0 heterocycles. The molecule has 1 unspecified atom stereocenters. The van der Waals surface area contributed by atoms with Crippen LogP contribution in [0.1, 0.15) is 19.8 Å². The molecule has 0 aliphatic carbocycles. The molecule has 0 rings (SSSR count). The summed E-state index contributed by atoms with van der Waals surface area (Å²) in [5, 5.41) is 11.3. The number of unbranched alkanes of at least 4 members (excludes halogenated alkanes) is 1. The fourth-order valence-corrected chi connectivity index (χ4v) is 1.87. The van der Waals surface area contributed by atoms with Crippen molar-refractivity contribution in [2.75, 3.05) is 25.2 Å². The predicted octanol–water partition coefficient (Wildman–Crippen LogP) is 0.170. The number of carbonyl (C=O) groups is 2. The van der Waals surface area contributed by atoms with Gasteiger partial charge in [0, 0.05) is 0 Å². The highest BCUT2D eigenvalue weighted by molar-refractivity contribution is 7.99. The van der Waals surface area contributed by atoms with Crippen LogP contribution in [0.5, 0.6) is 0 Å². The minimum absolute atomic E-state index is 0.259. The second-order valence-corrected chi connectivity index (χ2v) is 4.34. The number of esters is 1. The Morgan fingerprint density at radius 1 is 1.50 bits per heavy atom. The van der Waals surface area contributed by atoms with E-state index in [2.05, 4.69) is 17.0 Å². The maximum atomic E-state index is 11.3. The van der Waals surface area contributed by atoms with Crippen LogP contribution in [-0.4, -0.2) is 48.2 Å². The Morgan fingerprint density at radius 2 is 2.19 bits per heavy atom. The van der Waals surface area contributed by atoms with Crippen LogP contribution < -0.4 is 5.32 Å². The summed E-state index contributed by atoms with van der Waals surface area (Å²) in [5.41, 5.74) is 0. The van der Waals surface area contributed by atoms with Crippen molar-refractivity contribution in [1.82, 2.24) is 5.32 Å². The average molecular weight is 249 g/mol. The molecule has 1 atom stereocenters. The first kappa shape index (κ1) is 15.2. The Hall–Kier alpha value is -0.750. The van der Waals surface area contributed by atoms with E-state index in [1.807, 2.05) is 0 Å². The van der Waals surface area contributed by atoms with Gasteiger partial charge in [-0.15, -0.1) is 0 Å². The van der Waals surface area contributed by atoms with Crippen molar-refractivity contribution in [1.29, 1.82) is 0 Å². The van der Waals surface area contributed by atoms with Crippen LogP contribution in [0.3, 0.4) is 0 Å². The van der Waals surface area contributed by atoms with Gasteiger partial charge in [0.25, 0.3) is 0 Å². The highest BCUT2D eigenvalue weighted by Gasteiger charge is 2.19. The van der Waals surface area contributed by atoms with Gasteiger partial charge in [-0.25, -0.2) is 4.79 Å². The molecule has 0 spiro atoms. The van der Waals surface area contributed by atoms with Crippen LogP contribution in [-0.2, 0) is 14.3 Å². The molecule has 0 bridgehead atoms. The van der Waals surface area contributed by atoms with Crippen LogP contribution >= 0.6 is 11.8 Å². The largest absolute Gasteiger partial charge is 0.467 e. The SMILES string of the molecule is CCCCSCC(=O)NC(CO)C(=O)OC. The number of hydrogen-bond acceptors (Lipinski definition) is 5. The molecule has 0 aromatic heterocycles. The predicted molar refractivity (Wildman–Crippen MR) is 63.3 cm³/mol. The van der Waals surface area contributed by atoms with Crippen molar-refractivity contribution < 1.29 is 19.4 Å². The highest BCUT2D eigenvalue weighted by atomic mass is 32.2. The first-order valence-electron chi connectivity index (χ1n) is 5.21. The second-order valence-electron chi connectivity index (χ2n) is 3.23. The van der Waals surface area contributed by atoms with E-state index in [9.17, 15) is 9.59 Å². The normalized spacial score (nSPS) is 11.9. The van der Waals surface area contributed by atoms with Gasteiger partial charge in [0.1, 0.15) is 0 Å². The summed E-state index contributed by atoms with van der Waals surface area (Å²) in [6.45, 7) is 1.64. The third-order valence-corrected chi connectivity index (χ3v) is 2.92. The average Bonchev–Trinajstić information content (AvgIpc) is 2.30. The Morgan fingerprint density at radius 3 is 2.69 bits per heavy atom. The molecule has 94 valence electrons. The maximum Gasteiger partial charge on any atom is 0.330 e. The third kappa shape index (κ3) is 6.68. The minimum atomic E-state index is -0.954. The molecule has 0 aliphatic rings. The number of ether oxygens (including phenoxy) is 1. The van der Waals surface area contributed by atoms with Gasteiger partial charge in [-0.05, 0) is 12.2 Å². The van der Waals surface area contributed by atoms with Gasteiger partial charge in [0.05, 0.1) is 19.5 Å². The number of thioether (sulfide) groups is 1. The summed E-state index contributed by atoms with van der Waals surface area (Å²) in [6.07, 6.45) is 2.16. The monoisotopic (exact) mass is 249 g/mol. The van der Waals surface area contributed by atoms with Gasteiger partial charge in [-0.2, -0.15) is 11.8 Å². The van der Waals surface area contributed by atoms with Gasteiger partial charge >= 0.3 is 5.97 Å². The smallest absolute Gasteiger partial charge is 0.330 e. The lowest BCUT2D eigenvalue weighted by molar-refractivity contribution is -0.145. The number of amides is 1. The number of aliphatic hydroxyl groups excluding tert-OH is 1. The lowest BCUT2D eigenvalue weighted by Crippen LogP contribution is -2.44. The summed E-state index contributed by atoms with van der Waals surface area (Å²) < 4.78 is 4.43. The van der Waals surface area contributed by atoms with Crippen LogP contribution in [0, 0.1) is 0 Å². The Kier molecular flexibility index (Phi) is 9.03. The second kappa shape index (κ2) is 9.47. The molecule has 0 aromatic rings. The number of methoxy groups -OCH3 is 1. The molecule has 0 saturated carbocycles. The molecule has 5 nitrogen and oxygen atoms in total. The Labute approximate surface area is 99.9 Å². The Balaban J connectivity index is 3.79. The van der Waals surface area contributed by atoms with E-state index in [0.29, 0.717) is 5.75 Å². The van der Waals surface area contributed by atoms with Crippen LogP contribution in [0.15, 0.2) is 0 Å². The Bertz CT molecular complexity index is 223. The van der Waals surface area contributed by atoms with Crippen molar-refractivity contribution in [2.24, 2.45) is 0 Å². The van der Waals surface area contributed by atoms with E-state index in [0.717, 1.165) is 18.6 Å². The first-order valence-corrected chi connectivity index (χ1v) is 6.37. The van der Waals surface area contributed by atoms with E-state index >= 15 is 0 Å². The molecule has 16 heavy (non-hydrogen) atoms. The molecule has 0 fully saturated rings. The zero-order valence-electron chi connectivity index (χ0n) is 9.69. The van der Waals surface area contributed by atoms with Crippen molar-refractivity contribution in [3.63, 3.8) is 0 Å². The van der Waals surface area contributed by atoms with Gasteiger partial charge in [0.2, 0.25) is 5.91 Å². The number of rotatable bonds is 8. The zero-order valence-corrected chi connectivity index (χ0v) is 10.5. The van der Waals surface area contributed by atoms with E-state index < -0.39 is 18.6 Å². The maximum absolute atomic E-state index is 11.3. The van der Waals surface area contributed by atoms with Crippen LogP contribution in [0.25, 0.3) is 0 Å². The summed E-state index contributed by atoms with van der Waals surface area (Å²) in [4.78, 5) is 22.4. The van der Waals surface area contributed by atoms with Crippen molar-refractivity contribution in [3.05, 3.63) is 0 Å². The van der Waals surface area contributed by atoms with Gasteiger partial charge in [-0.3, -0.25) is 4.79 Å². The number of aliphatic hydroxyl groups is 1. The van der Waals surface area contributed by atoms with E-state index in [1.54, 1.807) is 0 Å². The summed E-state index contributed by atoms with van der Waals surface area (Å²) in [6, 6.07) is -0.954. The summed E-state index contributed by atoms with van der Waals surface area (Å²) >= 11 is 1.51. The topological polar surface area (TPSA) is 75.6 Å². The molecule has 6 heteroatoms. The number of hydrogen-bond donors (Lipinski definition) is 2. The molecule has 0 saturated heterocycles. The molecule has 1 amide bonds. The van der Waals surface area contributed by atoms with Crippen LogP contribution in [0.2, 0.25) is 0 Å². The van der Waals surface area contributed by atoms with Crippen molar-refractivity contribution >= 4 is 23.6 Å². The fraction of sp³-hybridized carbons (Fsp3) is 0.800. The molecule has 0 aliphatic heterocycles. The first-order chi connectivity index (χ1) is 7.65. The van der Waals surface area contributed by atoms with E-state index in [4.69, 9.17) is 5.11 Å². The molecular weight excluding hydrogens is 230 g/mol. The van der Waals surface area contributed by atoms with E-state index in [-0.39, 0.29) is 5.91 Å². The summed E-state index contributed by atoms with van der Waals surface area (Å²) in [5.74, 6) is 0.333. The van der Waals surface area contributed by atoms with Crippen molar-refractivity contribution in [3.8, 4) is 0 Å². The number of nitrogens with one attached hydrogen (secondary N) is 1. The zero-order chi connectivity index (χ0) is 12.4. The molecule has 2 N–H and O–H groups in total. The third-order valence-electron chi connectivity index (χ3n) is 1.88. The molecular formula is C10H19NO4S. The molecule has 0 radical (unpaired) electrons. The molecule has 0 aromatic carbocycles. The van der Waals surface area contributed by atoms with Gasteiger partial charge < -0.3 is 15.2 Å². The minimum Gasteiger partial charge on any atom is -0.467 e. The number of carbonyl (C=O) groups excluding carboxylic acids is 2. The fourth-order valence-electron chi connectivity index (χ4n) is 0.969. The quantitative estimate of drug-likeness (QED) is 0.474. The van der Waals surface area contributed by atoms with Crippen molar-refractivity contribution in [2.45, 2.75) is 25.8 Å². The van der Waals surface area contributed by atoms with Gasteiger partial charge in [-0.1, -0.05) is 13.3 Å². The van der Waals surface area contributed by atoms with Crippen LogP contribution in [0.4, 0.5) is 0 Å². The van der Waals surface area contributed by atoms with Gasteiger partial charge in [0.15, 0.2) is 6.04 Å². The lowest BCUT2D eigenvalue weighted by atomic mass is 10.3. The standard InChI is InChI=1S/C10H19NO4S/c1-3-4-5-16-7-9(13)11-8(6-12)10(14)15-2/h8,12H,3-7H2,1-2H3,(H,11,13). The highest BCUT2D eigenvalue weighted by Crippen LogP contribution is 2.03. The van der Waals surface area contributed by atoms with E-state index in [1.165, 1.54) is 18.9 Å².